The summed E-state index contributed by atoms with van der Waals surface area (Å²) in [5, 5.41) is 15.2. The van der Waals surface area contributed by atoms with Gasteiger partial charge in [-0.25, -0.2) is 38.7 Å². The Bertz CT molecular complexity index is 3550. The molecule has 2 aliphatic rings. The van der Waals surface area contributed by atoms with Gasteiger partial charge in [-0.2, -0.15) is 29.4 Å². The summed E-state index contributed by atoms with van der Waals surface area (Å²) in [6.45, 7) is 5.45. The van der Waals surface area contributed by atoms with Crippen LogP contribution in [0.1, 0.15) is 59.3 Å². The van der Waals surface area contributed by atoms with Crippen LogP contribution in [0.5, 0.6) is 0 Å². The minimum atomic E-state index is -1.34. The molecule has 8 heterocycles. The summed E-state index contributed by atoms with van der Waals surface area (Å²) < 4.78 is 32.7. The second-order valence-electron chi connectivity index (χ2n) is 18.3. The number of aryl methyl sites for hydroxylation is 2. The molecule has 0 aliphatic carbocycles. The fourth-order valence-electron chi connectivity index (χ4n) is 8.99. The predicted molar refractivity (Wildman–Crippen MR) is 292 cm³/mol. The number of rotatable bonds is 12. The van der Waals surface area contributed by atoms with Crippen LogP contribution in [0.4, 0.5) is 20.4 Å². The van der Waals surface area contributed by atoms with Gasteiger partial charge in [-0.05, 0) is 105 Å². The topological polar surface area (TPSA) is 314 Å². The van der Waals surface area contributed by atoms with Gasteiger partial charge in [0, 0.05) is 73.4 Å². The van der Waals surface area contributed by atoms with Crippen LogP contribution in [0.25, 0.3) is 44.1 Å². The fourth-order valence-corrected chi connectivity index (χ4v) is 9.68. The highest BCUT2D eigenvalue weighted by Crippen LogP contribution is 2.31. The number of pyridine rings is 2. The van der Waals surface area contributed by atoms with Gasteiger partial charge in [0.2, 0.25) is 23.6 Å². The zero-order chi connectivity index (χ0) is 59.4. The van der Waals surface area contributed by atoms with E-state index >= 15 is 0 Å². The monoisotopic (exact) mass is 1250 g/mol. The molecule has 2 aromatic carbocycles. The summed E-state index contributed by atoms with van der Waals surface area (Å²) in [5.74, 6) is -0.676. The van der Waals surface area contributed by atoms with Gasteiger partial charge in [-0.15, -0.1) is 0 Å². The molecule has 4 amide bonds. The number of ketones is 2. The Morgan fingerprint density at radius 1 is 0.561 bits per heavy atom. The molecule has 4 atom stereocenters. The van der Waals surface area contributed by atoms with E-state index < -0.39 is 48.1 Å². The molecule has 0 saturated carbocycles. The highest BCUT2D eigenvalue weighted by atomic mass is 79.9. The number of nitrogens with one attached hydrogen (secondary N) is 2. The van der Waals surface area contributed by atoms with Gasteiger partial charge < -0.3 is 20.4 Å². The van der Waals surface area contributed by atoms with Crippen molar-refractivity contribution >= 4 is 113 Å². The number of hydrogen-bond donors (Lipinski definition) is 2. The number of halogens is 4. The van der Waals surface area contributed by atoms with Crippen molar-refractivity contribution in [2.24, 2.45) is 0 Å². The summed E-state index contributed by atoms with van der Waals surface area (Å²) >= 11 is 6.49. The number of carbonyl (C=O) groups excluding carboxylic acids is 10. The molecule has 2 N–H and O–H groups in total. The number of anilines is 2. The normalized spacial score (nSPS) is 16.0. The molecule has 420 valence electrons. The van der Waals surface area contributed by atoms with Crippen molar-refractivity contribution < 1.29 is 56.7 Å². The summed E-state index contributed by atoms with van der Waals surface area (Å²) in [6, 6.07) is 18.8. The Hall–Kier alpha value is -9.36. The van der Waals surface area contributed by atoms with E-state index in [9.17, 15) is 37.5 Å². The smallest absolute Gasteiger partial charge is 0.326 e. The van der Waals surface area contributed by atoms with Crippen LogP contribution in [0.3, 0.4) is 0 Å². The van der Waals surface area contributed by atoms with Gasteiger partial charge in [0.05, 0.1) is 24.1 Å². The van der Waals surface area contributed by atoms with E-state index in [0.29, 0.717) is 42.7 Å². The Balaban J connectivity index is 0.000000216. The molecule has 8 aromatic rings. The third kappa shape index (κ3) is 14.7. The Kier molecular flexibility index (Phi) is 20.0. The van der Waals surface area contributed by atoms with E-state index in [1.54, 1.807) is 87.2 Å². The second kappa shape index (κ2) is 27.2. The predicted octanol–water partition coefficient (Wildman–Crippen LogP) is 6.31. The Morgan fingerprint density at radius 3 is 1.24 bits per heavy atom. The number of carbonyl (C=O) groups is 6. The molecule has 28 heteroatoms. The van der Waals surface area contributed by atoms with Gasteiger partial charge in [0.25, 0.3) is 0 Å². The SMILES string of the molecule is CC(=O)c1nn(CC(=O)N2C[C@H](F)C[C@@H]2C(=O)Nc2cccc(Br)n2)c2ccc(-c3cnc(C)nc3)cc12.CC(=O)c1nn(CC(=O)N2C[C@H](F)C[C@H]2C(=O)Nc2cccc(Br)n2)c2ccc(-c3cnc(C)nc3)cc12.O=C=O.O=C=O. The lowest BCUT2D eigenvalue weighted by atomic mass is 10.0. The standard InChI is InChI=1S/2C26H23BrFN7O3.2CO2/c2*1-14(36)25-19-8-16(17-10-29-15(2)30-11-17)6-7-20(19)35(33-25)13-24(37)34-12-18(28)9-21(34)26(38)32-23-5-3-4-22(27)31-23;2*2-1-3/h2*3-8,10-11,18,21H,9,12-13H2,1-2H3,(H,31,32,38);;/t18-,21+;18-,21-;;/m11../s1. The summed E-state index contributed by atoms with van der Waals surface area (Å²) in [6.07, 6.45) is 4.36. The number of likely N-dealkylation sites (tertiary alicyclic amines) is 2. The number of benzene rings is 2. The molecule has 6 aromatic heterocycles. The van der Waals surface area contributed by atoms with Crippen LogP contribution in [0.2, 0.25) is 0 Å². The second-order valence-corrected chi connectivity index (χ2v) is 19.9. The van der Waals surface area contributed by atoms with E-state index in [2.05, 4.69) is 82.6 Å². The first-order chi connectivity index (χ1) is 39.2. The van der Waals surface area contributed by atoms with Gasteiger partial charge >= 0.3 is 12.3 Å². The number of alkyl halides is 2. The zero-order valence-electron chi connectivity index (χ0n) is 43.8. The number of nitrogens with zero attached hydrogens (tertiary/aromatic N) is 12. The molecular formula is C54H46Br2F2N14O10. The molecule has 0 unspecified atom stereocenters. The first-order valence-corrected chi connectivity index (χ1v) is 26.1. The van der Waals surface area contributed by atoms with Gasteiger partial charge in [0.15, 0.2) is 11.6 Å². The van der Waals surface area contributed by atoms with Crippen LogP contribution >= 0.6 is 31.9 Å². The highest BCUT2D eigenvalue weighted by molar-refractivity contribution is 9.10. The molecule has 2 fully saturated rings. The first-order valence-electron chi connectivity index (χ1n) is 24.6. The minimum absolute atomic E-state index is 0.119. The number of aromatic nitrogens is 10. The zero-order valence-corrected chi connectivity index (χ0v) is 46.9. The summed E-state index contributed by atoms with van der Waals surface area (Å²) in [4.78, 5) is 137. The maximum Gasteiger partial charge on any atom is 0.373 e. The van der Waals surface area contributed by atoms with Crippen LogP contribution < -0.4 is 10.6 Å². The van der Waals surface area contributed by atoms with Crippen molar-refractivity contribution in [2.45, 2.75) is 78.1 Å². The van der Waals surface area contributed by atoms with Crippen LogP contribution in [0.15, 0.2) is 107 Å². The fraction of sp³-hybridized carbons (Fsp3) is 0.259. The maximum atomic E-state index is 14.4. The van der Waals surface area contributed by atoms with E-state index in [4.69, 9.17) is 19.2 Å². The van der Waals surface area contributed by atoms with E-state index in [1.807, 2.05) is 24.3 Å². The van der Waals surface area contributed by atoms with Gasteiger partial charge in [-0.3, -0.25) is 38.1 Å². The van der Waals surface area contributed by atoms with E-state index in [-0.39, 0.29) is 85.9 Å². The molecule has 82 heavy (non-hydrogen) atoms. The number of fused-ring (bicyclic) bond motifs is 2. The average Bonchev–Trinajstić information content (AvgIpc) is 4.32. The lowest BCUT2D eigenvalue weighted by Crippen LogP contribution is -2.44. The van der Waals surface area contributed by atoms with E-state index in [1.165, 1.54) is 33.0 Å². The van der Waals surface area contributed by atoms with Gasteiger partial charge in [-0.1, -0.05) is 24.3 Å². The van der Waals surface area contributed by atoms with Crippen molar-refractivity contribution in [1.29, 1.82) is 0 Å². The largest absolute Gasteiger partial charge is 0.373 e. The lowest BCUT2D eigenvalue weighted by Gasteiger charge is -2.23. The molecule has 2 aliphatic heterocycles. The van der Waals surface area contributed by atoms with Crippen LogP contribution in [0, 0.1) is 13.8 Å². The molecule has 10 rings (SSSR count). The maximum absolute atomic E-state index is 14.4. The number of hydrogen-bond acceptors (Lipinski definition) is 18. The van der Waals surface area contributed by atoms with E-state index in [0.717, 1.165) is 22.3 Å². The third-order valence-electron chi connectivity index (χ3n) is 12.6. The first kappa shape index (κ1) is 60.3. The lowest BCUT2D eigenvalue weighted by molar-refractivity contribution is -0.193. The summed E-state index contributed by atoms with van der Waals surface area (Å²) in [7, 11) is 0. The van der Waals surface area contributed by atoms with Gasteiger partial charge in [0.1, 0.15) is 81.4 Å². The van der Waals surface area contributed by atoms with Crippen LogP contribution in [-0.4, -0.2) is 144 Å². The molecule has 24 nitrogen and oxygen atoms in total. The quantitative estimate of drug-likeness (QED) is 0.0999. The molecule has 2 saturated heterocycles. The molecular weight excluding hydrogens is 1200 g/mol. The number of amides is 4. The Labute approximate surface area is 480 Å². The minimum Gasteiger partial charge on any atom is -0.326 e. The van der Waals surface area contributed by atoms with Crippen molar-refractivity contribution in [1.82, 2.24) is 59.3 Å². The average molecular weight is 1250 g/mol. The molecule has 0 radical (unpaired) electrons. The molecule has 0 bridgehead atoms. The summed E-state index contributed by atoms with van der Waals surface area (Å²) in [5.41, 5.74) is 4.69. The molecule has 0 spiro atoms. The highest BCUT2D eigenvalue weighted by Gasteiger charge is 2.41. The third-order valence-corrected chi connectivity index (χ3v) is 13.5. The van der Waals surface area contributed by atoms with Crippen molar-refractivity contribution in [2.75, 3.05) is 23.7 Å². The van der Waals surface area contributed by atoms with Crippen molar-refractivity contribution in [3.63, 3.8) is 0 Å². The van der Waals surface area contributed by atoms with Crippen molar-refractivity contribution in [3.8, 4) is 22.3 Å². The Morgan fingerprint density at radius 2 is 0.915 bits per heavy atom. The van der Waals surface area contributed by atoms with Crippen molar-refractivity contribution in [3.05, 3.63) is 130 Å². The van der Waals surface area contributed by atoms with Crippen LogP contribution in [-0.2, 0) is 51.4 Å². The number of Topliss-reactive ketones (excluding diaryl/α,β-unsaturated/α-hetero) is 2.